The van der Waals surface area contributed by atoms with Gasteiger partial charge in [0.2, 0.25) is 0 Å². The molecule has 7 nitrogen and oxygen atoms in total. The molecule has 2 fully saturated rings. The average molecular weight is 403 g/mol. The Morgan fingerprint density at radius 1 is 1.25 bits per heavy atom. The normalized spacial score (nSPS) is 16.8. The van der Waals surface area contributed by atoms with E-state index < -0.39 is 5.97 Å². The summed E-state index contributed by atoms with van der Waals surface area (Å²) in [6, 6.07) is 8.10. The van der Waals surface area contributed by atoms with Crippen LogP contribution in [-0.2, 0) is 9.47 Å². The lowest BCUT2D eigenvalue weighted by Gasteiger charge is -2.33. The Hall–Kier alpha value is -2.38. The molecule has 4 rings (SSSR count). The highest BCUT2D eigenvalue weighted by atomic mass is 35.5. The fourth-order valence-corrected chi connectivity index (χ4v) is 3.65. The number of nitrogens with zero attached hydrogens (tertiary/aromatic N) is 4. The molecule has 8 heteroatoms. The predicted octanol–water partition coefficient (Wildman–Crippen LogP) is 3.40. The van der Waals surface area contributed by atoms with E-state index in [2.05, 4.69) is 16.0 Å². The molecule has 2 aromatic rings. The van der Waals surface area contributed by atoms with E-state index in [1.165, 1.54) is 7.11 Å². The van der Waals surface area contributed by atoms with Gasteiger partial charge in [-0.2, -0.15) is 0 Å². The maximum atomic E-state index is 12.2. The Morgan fingerprint density at radius 2 is 1.96 bits per heavy atom. The van der Waals surface area contributed by atoms with Crippen LogP contribution in [0.25, 0.3) is 0 Å². The summed E-state index contributed by atoms with van der Waals surface area (Å²) in [6.45, 7) is 3.04. The van der Waals surface area contributed by atoms with Crippen LogP contribution in [0.1, 0.15) is 35.1 Å². The van der Waals surface area contributed by atoms with Gasteiger partial charge in [0.15, 0.2) is 11.5 Å². The van der Waals surface area contributed by atoms with Crippen LogP contribution in [0.4, 0.5) is 17.2 Å². The molecule has 28 heavy (non-hydrogen) atoms. The highest BCUT2D eigenvalue weighted by molar-refractivity contribution is 6.35. The van der Waals surface area contributed by atoms with Crippen molar-refractivity contribution in [1.82, 2.24) is 9.97 Å². The maximum Gasteiger partial charge on any atom is 0.358 e. The zero-order chi connectivity index (χ0) is 19.7. The number of benzene rings is 1. The van der Waals surface area contributed by atoms with Crippen molar-refractivity contribution >= 4 is 34.8 Å². The number of anilines is 3. The molecule has 148 valence electrons. The number of halogens is 1. The molecular weight excluding hydrogens is 380 g/mol. The highest BCUT2D eigenvalue weighted by Gasteiger charge is 2.31. The predicted molar refractivity (Wildman–Crippen MR) is 108 cm³/mol. The van der Waals surface area contributed by atoms with Crippen molar-refractivity contribution in [2.45, 2.75) is 18.8 Å². The number of hydrogen-bond acceptors (Lipinski definition) is 7. The van der Waals surface area contributed by atoms with Crippen LogP contribution >= 0.6 is 11.6 Å². The summed E-state index contributed by atoms with van der Waals surface area (Å²) in [4.78, 5) is 25.5. The van der Waals surface area contributed by atoms with E-state index in [1.54, 1.807) is 0 Å². The van der Waals surface area contributed by atoms with Crippen LogP contribution in [0.5, 0.6) is 0 Å². The van der Waals surface area contributed by atoms with E-state index in [0.717, 1.165) is 37.3 Å². The summed E-state index contributed by atoms with van der Waals surface area (Å²) < 4.78 is 10.4. The molecule has 1 aromatic heterocycles. The van der Waals surface area contributed by atoms with Crippen LogP contribution in [0.3, 0.4) is 0 Å². The van der Waals surface area contributed by atoms with Crippen molar-refractivity contribution in [3.63, 3.8) is 0 Å². The molecule has 2 aliphatic rings. The minimum Gasteiger partial charge on any atom is -0.464 e. The second-order valence-corrected chi connectivity index (χ2v) is 7.36. The van der Waals surface area contributed by atoms with Crippen LogP contribution in [0.15, 0.2) is 24.3 Å². The molecule has 1 saturated heterocycles. The number of carbonyl (C=O) groups excluding carboxylic acids is 1. The van der Waals surface area contributed by atoms with Gasteiger partial charge < -0.3 is 19.3 Å². The number of para-hydroxylation sites is 2. The Bertz CT molecular complexity index is 882. The summed E-state index contributed by atoms with van der Waals surface area (Å²) in [6.07, 6.45) is 2.05. The topological polar surface area (TPSA) is 67.8 Å². The third-order valence-electron chi connectivity index (χ3n) is 5.08. The van der Waals surface area contributed by atoms with Gasteiger partial charge in [-0.05, 0) is 25.0 Å². The molecule has 0 amide bonds. The number of esters is 1. The molecule has 0 atom stereocenters. The standard InChI is InChI=1S/C20H23ClN4O3/c1-24(14-5-3-4-6-15(14)25-9-11-28-12-10-25)19-16(21)17(20(26)27-2)22-18(23-19)13-7-8-13/h3-6,13H,7-12H2,1-2H3. The zero-order valence-corrected chi connectivity index (χ0v) is 16.8. The van der Waals surface area contributed by atoms with Gasteiger partial charge in [-0.1, -0.05) is 23.7 Å². The number of rotatable bonds is 5. The van der Waals surface area contributed by atoms with E-state index in [1.807, 2.05) is 30.1 Å². The van der Waals surface area contributed by atoms with Gasteiger partial charge in [-0.3, -0.25) is 0 Å². The molecule has 0 N–H and O–H groups in total. The van der Waals surface area contributed by atoms with E-state index in [-0.39, 0.29) is 16.6 Å². The minimum absolute atomic E-state index is 0.117. The van der Waals surface area contributed by atoms with Crippen molar-refractivity contribution in [2.75, 3.05) is 50.3 Å². The molecular formula is C20H23ClN4O3. The molecule has 0 bridgehead atoms. The summed E-state index contributed by atoms with van der Waals surface area (Å²) in [5, 5.41) is 0.204. The molecule has 1 aromatic carbocycles. The Morgan fingerprint density at radius 3 is 2.64 bits per heavy atom. The first-order valence-electron chi connectivity index (χ1n) is 9.41. The van der Waals surface area contributed by atoms with Crippen LogP contribution in [0, 0.1) is 0 Å². The van der Waals surface area contributed by atoms with Gasteiger partial charge in [-0.15, -0.1) is 0 Å². The third-order valence-corrected chi connectivity index (χ3v) is 5.43. The first-order valence-corrected chi connectivity index (χ1v) is 9.79. The molecule has 0 unspecified atom stereocenters. The number of methoxy groups -OCH3 is 1. The monoisotopic (exact) mass is 402 g/mol. The summed E-state index contributed by atoms with van der Waals surface area (Å²) in [7, 11) is 3.24. The first kappa shape index (κ1) is 19.0. The van der Waals surface area contributed by atoms with Crippen LogP contribution < -0.4 is 9.80 Å². The molecule has 0 spiro atoms. The molecule has 1 saturated carbocycles. The van der Waals surface area contributed by atoms with Gasteiger partial charge in [-0.25, -0.2) is 14.8 Å². The Labute approximate surface area is 169 Å². The minimum atomic E-state index is -0.551. The molecule has 1 aliphatic carbocycles. The van der Waals surface area contributed by atoms with Gasteiger partial charge in [0.25, 0.3) is 0 Å². The van der Waals surface area contributed by atoms with Crippen molar-refractivity contribution in [2.24, 2.45) is 0 Å². The number of ether oxygens (including phenoxy) is 2. The van der Waals surface area contributed by atoms with E-state index in [4.69, 9.17) is 26.1 Å². The summed E-state index contributed by atoms with van der Waals surface area (Å²) in [5.74, 6) is 0.892. The fraction of sp³-hybridized carbons (Fsp3) is 0.450. The largest absolute Gasteiger partial charge is 0.464 e. The molecule has 0 radical (unpaired) electrons. The highest BCUT2D eigenvalue weighted by Crippen LogP contribution is 2.42. The summed E-state index contributed by atoms with van der Waals surface area (Å²) in [5.41, 5.74) is 2.16. The smallest absolute Gasteiger partial charge is 0.358 e. The number of morpholine rings is 1. The lowest BCUT2D eigenvalue weighted by molar-refractivity contribution is 0.0593. The summed E-state index contributed by atoms with van der Waals surface area (Å²) >= 11 is 6.56. The quantitative estimate of drug-likeness (QED) is 0.710. The Balaban J connectivity index is 1.77. The lowest BCUT2D eigenvalue weighted by Crippen LogP contribution is -2.37. The van der Waals surface area contributed by atoms with Crippen molar-refractivity contribution in [3.8, 4) is 0 Å². The lowest BCUT2D eigenvalue weighted by atomic mass is 10.2. The molecule has 1 aliphatic heterocycles. The van der Waals surface area contributed by atoms with Gasteiger partial charge in [0.05, 0.1) is 31.7 Å². The maximum absolute atomic E-state index is 12.2. The molecule has 2 heterocycles. The average Bonchev–Trinajstić information content (AvgIpc) is 3.59. The van der Waals surface area contributed by atoms with Gasteiger partial charge in [0, 0.05) is 26.1 Å². The van der Waals surface area contributed by atoms with Crippen molar-refractivity contribution < 1.29 is 14.3 Å². The number of carbonyl (C=O) groups is 1. The first-order chi connectivity index (χ1) is 13.6. The zero-order valence-electron chi connectivity index (χ0n) is 16.0. The van der Waals surface area contributed by atoms with E-state index in [0.29, 0.717) is 24.9 Å². The number of aromatic nitrogens is 2. The van der Waals surface area contributed by atoms with Crippen molar-refractivity contribution in [1.29, 1.82) is 0 Å². The third kappa shape index (κ3) is 3.64. The van der Waals surface area contributed by atoms with E-state index in [9.17, 15) is 4.79 Å². The van der Waals surface area contributed by atoms with Crippen molar-refractivity contribution in [3.05, 3.63) is 40.8 Å². The number of hydrogen-bond donors (Lipinski definition) is 0. The second kappa shape index (κ2) is 7.93. The van der Waals surface area contributed by atoms with E-state index >= 15 is 0 Å². The second-order valence-electron chi connectivity index (χ2n) is 6.98. The van der Waals surface area contributed by atoms with Gasteiger partial charge in [0.1, 0.15) is 10.8 Å². The van der Waals surface area contributed by atoms with Crippen LogP contribution in [0.2, 0.25) is 5.02 Å². The fourth-order valence-electron chi connectivity index (χ4n) is 3.36. The Kier molecular flexibility index (Phi) is 5.37. The SMILES string of the molecule is COC(=O)c1nc(C2CC2)nc(N(C)c2ccccc2N2CCOCC2)c1Cl. The van der Waals surface area contributed by atoms with Gasteiger partial charge >= 0.3 is 5.97 Å². The van der Waals surface area contributed by atoms with Crippen LogP contribution in [-0.4, -0.2) is 56.4 Å².